The zero-order valence-electron chi connectivity index (χ0n) is 12.7. The monoisotopic (exact) mass is 266 g/mol. The molecule has 0 aromatic rings. The van der Waals surface area contributed by atoms with Crippen LogP contribution in [0.5, 0.6) is 0 Å². The van der Waals surface area contributed by atoms with Gasteiger partial charge in [-0.2, -0.15) is 0 Å². The van der Waals surface area contributed by atoms with E-state index >= 15 is 0 Å². The highest BCUT2D eigenvalue weighted by atomic mass is 16.2. The van der Waals surface area contributed by atoms with Crippen LogP contribution in [0.3, 0.4) is 0 Å². The van der Waals surface area contributed by atoms with Gasteiger partial charge in [-0.3, -0.25) is 10.1 Å². The van der Waals surface area contributed by atoms with Gasteiger partial charge < -0.3 is 4.90 Å². The summed E-state index contributed by atoms with van der Waals surface area (Å²) < 4.78 is 0. The highest BCUT2D eigenvalue weighted by Crippen LogP contribution is 2.28. The maximum Gasteiger partial charge on any atom is 0.241 e. The Morgan fingerprint density at radius 2 is 1.89 bits per heavy atom. The summed E-state index contributed by atoms with van der Waals surface area (Å²) in [6.07, 6.45) is 11.2. The predicted octanol–water partition coefficient (Wildman–Crippen LogP) is 3.29. The van der Waals surface area contributed by atoms with E-state index < -0.39 is 0 Å². The molecule has 1 aliphatic heterocycles. The Kier molecular flexibility index (Phi) is 5.68. The lowest BCUT2D eigenvalue weighted by molar-refractivity contribution is -0.130. The average molecular weight is 266 g/mol. The quantitative estimate of drug-likeness (QED) is 0.767. The van der Waals surface area contributed by atoms with Gasteiger partial charge in [-0.25, -0.2) is 0 Å². The Bertz CT molecular complexity index is 286. The number of carbonyl (C=O) groups excluding carboxylic acids is 1. The zero-order valence-corrected chi connectivity index (χ0v) is 12.7. The predicted molar refractivity (Wildman–Crippen MR) is 78.8 cm³/mol. The summed E-state index contributed by atoms with van der Waals surface area (Å²) >= 11 is 0. The number of amides is 1. The largest absolute Gasteiger partial charge is 0.326 e. The second-order valence-corrected chi connectivity index (χ2v) is 6.31. The molecule has 1 N–H and O–H groups in total. The van der Waals surface area contributed by atoms with Gasteiger partial charge in [0.2, 0.25) is 5.91 Å². The van der Waals surface area contributed by atoms with E-state index in [-0.39, 0.29) is 6.04 Å². The molecule has 0 bridgehead atoms. The molecule has 0 aromatic carbocycles. The Balaban J connectivity index is 1.93. The molecule has 110 valence electrons. The zero-order chi connectivity index (χ0) is 13.7. The van der Waals surface area contributed by atoms with E-state index in [1.807, 2.05) is 0 Å². The number of rotatable bonds is 7. The number of nitrogens with one attached hydrogen (secondary N) is 1. The second-order valence-electron chi connectivity index (χ2n) is 6.31. The van der Waals surface area contributed by atoms with Gasteiger partial charge in [0.15, 0.2) is 0 Å². The molecule has 2 fully saturated rings. The summed E-state index contributed by atoms with van der Waals surface area (Å²) in [5.74, 6) is 1.13. The van der Waals surface area contributed by atoms with Crippen LogP contribution in [0.4, 0.5) is 0 Å². The third-order valence-electron chi connectivity index (χ3n) is 4.69. The van der Waals surface area contributed by atoms with Crippen molar-refractivity contribution in [3.63, 3.8) is 0 Å². The molecule has 2 aliphatic rings. The molecule has 2 atom stereocenters. The van der Waals surface area contributed by atoms with Crippen LogP contribution in [-0.4, -0.2) is 29.6 Å². The molecule has 1 saturated carbocycles. The van der Waals surface area contributed by atoms with Crippen molar-refractivity contribution in [3.05, 3.63) is 0 Å². The fraction of sp³-hybridized carbons (Fsp3) is 0.938. The highest BCUT2D eigenvalue weighted by molar-refractivity contribution is 5.84. The highest BCUT2D eigenvalue weighted by Gasteiger charge is 2.38. The van der Waals surface area contributed by atoms with Gasteiger partial charge in [-0.05, 0) is 31.6 Å². The number of unbranched alkanes of at least 4 members (excludes halogenated alkanes) is 1. The molecule has 1 heterocycles. The van der Waals surface area contributed by atoms with E-state index in [4.69, 9.17) is 0 Å². The topological polar surface area (TPSA) is 32.3 Å². The maximum atomic E-state index is 12.5. The van der Waals surface area contributed by atoms with Crippen LogP contribution in [0.15, 0.2) is 0 Å². The van der Waals surface area contributed by atoms with Crippen molar-refractivity contribution in [3.8, 4) is 0 Å². The van der Waals surface area contributed by atoms with Crippen molar-refractivity contribution in [2.75, 3.05) is 6.54 Å². The van der Waals surface area contributed by atoms with E-state index in [2.05, 4.69) is 24.1 Å². The normalized spacial score (nSPS) is 28.5. The summed E-state index contributed by atoms with van der Waals surface area (Å²) in [4.78, 5) is 14.7. The van der Waals surface area contributed by atoms with Crippen molar-refractivity contribution in [1.82, 2.24) is 10.2 Å². The van der Waals surface area contributed by atoms with E-state index in [1.165, 1.54) is 32.1 Å². The summed E-state index contributed by atoms with van der Waals surface area (Å²) in [6.45, 7) is 5.40. The fourth-order valence-electron chi connectivity index (χ4n) is 3.56. The summed E-state index contributed by atoms with van der Waals surface area (Å²) in [5, 5.41) is 3.58. The second kappa shape index (κ2) is 7.28. The first-order valence-corrected chi connectivity index (χ1v) is 8.32. The van der Waals surface area contributed by atoms with Gasteiger partial charge in [0.25, 0.3) is 0 Å². The van der Waals surface area contributed by atoms with Crippen molar-refractivity contribution >= 4 is 5.91 Å². The lowest BCUT2D eigenvalue weighted by Gasteiger charge is -2.26. The Labute approximate surface area is 118 Å². The number of hydrogen-bond donors (Lipinski definition) is 1. The number of hydrogen-bond acceptors (Lipinski definition) is 2. The van der Waals surface area contributed by atoms with Crippen LogP contribution in [0.2, 0.25) is 0 Å². The standard InChI is InChI=1S/C16H30N2O/c1-3-5-11-14-16(19)18(15(17-14)8-4-2)12-13-9-6-7-10-13/h13-15,17H,3-12H2,1-2H3. The molecule has 1 saturated heterocycles. The van der Waals surface area contributed by atoms with Crippen molar-refractivity contribution < 1.29 is 4.79 Å². The number of nitrogens with zero attached hydrogens (tertiary/aromatic N) is 1. The van der Waals surface area contributed by atoms with Crippen LogP contribution in [0.1, 0.15) is 71.6 Å². The lowest BCUT2D eigenvalue weighted by atomic mass is 10.1. The SMILES string of the molecule is CCCCC1NC(CCC)N(CC2CCCC2)C1=O. The van der Waals surface area contributed by atoms with E-state index in [0.29, 0.717) is 12.1 Å². The van der Waals surface area contributed by atoms with E-state index in [0.717, 1.165) is 38.1 Å². The minimum Gasteiger partial charge on any atom is -0.326 e. The number of carbonyl (C=O) groups is 1. The lowest BCUT2D eigenvalue weighted by Crippen LogP contribution is -2.39. The summed E-state index contributed by atoms with van der Waals surface area (Å²) in [7, 11) is 0. The first-order chi connectivity index (χ1) is 9.26. The van der Waals surface area contributed by atoms with Gasteiger partial charge in [-0.15, -0.1) is 0 Å². The molecule has 2 rings (SSSR count). The van der Waals surface area contributed by atoms with Crippen LogP contribution in [0, 0.1) is 5.92 Å². The van der Waals surface area contributed by atoms with Crippen LogP contribution in [0.25, 0.3) is 0 Å². The van der Waals surface area contributed by atoms with E-state index in [1.54, 1.807) is 0 Å². The first-order valence-electron chi connectivity index (χ1n) is 8.32. The Hall–Kier alpha value is -0.570. The first kappa shape index (κ1) is 14.8. The van der Waals surface area contributed by atoms with Crippen molar-refractivity contribution in [2.24, 2.45) is 5.92 Å². The molecular weight excluding hydrogens is 236 g/mol. The minimum atomic E-state index is 0.0953. The third-order valence-corrected chi connectivity index (χ3v) is 4.69. The van der Waals surface area contributed by atoms with Gasteiger partial charge in [0, 0.05) is 6.54 Å². The van der Waals surface area contributed by atoms with Crippen LogP contribution < -0.4 is 5.32 Å². The smallest absolute Gasteiger partial charge is 0.241 e. The average Bonchev–Trinajstić information content (AvgIpc) is 3.00. The van der Waals surface area contributed by atoms with Crippen molar-refractivity contribution in [2.45, 2.75) is 83.8 Å². The fourth-order valence-corrected chi connectivity index (χ4v) is 3.56. The maximum absolute atomic E-state index is 12.5. The molecule has 2 unspecified atom stereocenters. The molecule has 3 nitrogen and oxygen atoms in total. The van der Waals surface area contributed by atoms with E-state index in [9.17, 15) is 4.79 Å². The summed E-state index contributed by atoms with van der Waals surface area (Å²) in [5.41, 5.74) is 0. The molecule has 19 heavy (non-hydrogen) atoms. The van der Waals surface area contributed by atoms with Crippen molar-refractivity contribution in [1.29, 1.82) is 0 Å². The Morgan fingerprint density at radius 1 is 1.16 bits per heavy atom. The third kappa shape index (κ3) is 3.71. The van der Waals surface area contributed by atoms with Crippen LogP contribution in [-0.2, 0) is 4.79 Å². The molecule has 3 heteroatoms. The molecule has 1 aliphatic carbocycles. The molecule has 0 radical (unpaired) electrons. The van der Waals surface area contributed by atoms with Gasteiger partial charge >= 0.3 is 0 Å². The molecular formula is C16H30N2O. The molecule has 0 aromatic heterocycles. The van der Waals surface area contributed by atoms with Gasteiger partial charge in [0.1, 0.15) is 0 Å². The summed E-state index contributed by atoms with van der Waals surface area (Å²) in [6, 6.07) is 0.0953. The molecule has 1 amide bonds. The molecule has 0 spiro atoms. The van der Waals surface area contributed by atoms with Gasteiger partial charge in [-0.1, -0.05) is 46.0 Å². The van der Waals surface area contributed by atoms with Gasteiger partial charge in [0.05, 0.1) is 12.2 Å². The minimum absolute atomic E-state index is 0.0953. The van der Waals surface area contributed by atoms with Crippen LogP contribution >= 0.6 is 0 Å². The Morgan fingerprint density at radius 3 is 2.53 bits per heavy atom.